The zero-order valence-corrected chi connectivity index (χ0v) is 12.8. The standard InChI is InChI=1S/C14H26N4O/c1-13(2,3)11(9-18-8-7-16-10-18)17-12(19)14(4,5)15-6/h7-8,10-11,15H,9H2,1-6H3,(H,17,19). The van der Waals surface area contributed by atoms with E-state index in [0.717, 1.165) is 6.54 Å². The zero-order valence-electron chi connectivity index (χ0n) is 12.8. The molecule has 1 unspecified atom stereocenters. The minimum absolute atomic E-state index is 0.00930. The van der Waals surface area contributed by atoms with E-state index in [1.165, 1.54) is 0 Å². The molecule has 0 bridgehead atoms. The van der Waals surface area contributed by atoms with Gasteiger partial charge in [-0.2, -0.15) is 0 Å². The average molecular weight is 266 g/mol. The van der Waals surface area contributed by atoms with Crippen molar-refractivity contribution in [1.29, 1.82) is 0 Å². The van der Waals surface area contributed by atoms with Crippen molar-refractivity contribution >= 4 is 5.91 Å². The van der Waals surface area contributed by atoms with Crippen LogP contribution in [0.15, 0.2) is 18.7 Å². The molecule has 1 atom stereocenters. The van der Waals surface area contributed by atoms with Gasteiger partial charge in [-0.25, -0.2) is 4.98 Å². The number of imidazole rings is 1. The summed E-state index contributed by atoms with van der Waals surface area (Å²) in [4.78, 5) is 16.3. The fraction of sp³-hybridized carbons (Fsp3) is 0.714. The van der Waals surface area contributed by atoms with Gasteiger partial charge in [0.05, 0.1) is 17.9 Å². The van der Waals surface area contributed by atoms with Gasteiger partial charge in [0, 0.05) is 18.9 Å². The van der Waals surface area contributed by atoms with Gasteiger partial charge in [0.25, 0.3) is 0 Å². The van der Waals surface area contributed by atoms with Crippen LogP contribution in [0.5, 0.6) is 0 Å². The molecule has 1 rings (SSSR count). The smallest absolute Gasteiger partial charge is 0.240 e. The van der Waals surface area contributed by atoms with Crippen LogP contribution in [0.3, 0.4) is 0 Å². The summed E-state index contributed by atoms with van der Waals surface area (Å²) in [5.41, 5.74) is -0.595. The summed E-state index contributed by atoms with van der Waals surface area (Å²) in [5, 5.41) is 6.16. The fourth-order valence-electron chi connectivity index (χ4n) is 1.59. The Labute approximate surface area is 115 Å². The van der Waals surface area contributed by atoms with Gasteiger partial charge in [0.15, 0.2) is 0 Å². The van der Waals surface area contributed by atoms with Crippen molar-refractivity contribution in [3.63, 3.8) is 0 Å². The number of carbonyl (C=O) groups excluding carboxylic acids is 1. The molecule has 0 spiro atoms. The molecule has 5 heteroatoms. The second kappa shape index (κ2) is 5.74. The maximum Gasteiger partial charge on any atom is 0.240 e. The highest BCUT2D eigenvalue weighted by atomic mass is 16.2. The monoisotopic (exact) mass is 266 g/mol. The first-order chi connectivity index (χ1) is 8.66. The molecule has 0 saturated carbocycles. The van der Waals surface area contributed by atoms with E-state index < -0.39 is 5.54 Å². The Kier molecular flexibility index (Phi) is 4.74. The Morgan fingerprint density at radius 1 is 1.32 bits per heavy atom. The van der Waals surface area contributed by atoms with Crippen LogP contribution in [0.2, 0.25) is 0 Å². The molecule has 1 aromatic rings. The van der Waals surface area contributed by atoms with E-state index in [1.807, 2.05) is 24.6 Å². The van der Waals surface area contributed by atoms with E-state index in [0.29, 0.717) is 0 Å². The van der Waals surface area contributed by atoms with Crippen molar-refractivity contribution < 1.29 is 4.79 Å². The highest BCUT2D eigenvalue weighted by Gasteiger charge is 2.32. The van der Waals surface area contributed by atoms with E-state index in [2.05, 4.69) is 36.4 Å². The number of hydrogen-bond acceptors (Lipinski definition) is 3. The van der Waals surface area contributed by atoms with Crippen LogP contribution in [0.1, 0.15) is 34.6 Å². The summed E-state index contributed by atoms with van der Waals surface area (Å²) in [6.07, 6.45) is 5.43. The quantitative estimate of drug-likeness (QED) is 0.847. The van der Waals surface area contributed by atoms with Gasteiger partial charge in [-0.05, 0) is 26.3 Å². The molecule has 2 N–H and O–H groups in total. The highest BCUT2D eigenvalue weighted by Crippen LogP contribution is 2.21. The summed E-state index contributed by atoms with van der Waals surface area (Å²) >= 11 is 0. The summed E-state index contributed by atoms with van der Waals surface area (Å²) in [5.74, 6) is 0.00930. The van der Waals surface area contributed by atoms with E-state index in [-0.39, 0.29) is 17.4 Å². The van der Waals surface area contributed by atoms with Gasteiger partial charge in [-0.1, -0.05) is 20.8 Å². The van der Waals surface area contributed by atoms with Gasteiger partial charge in [0.2, 0.25) is 5.91 Å². The maximum atomic E-state index is 12.3. The minimum Gasteiger partial charge on any atom is -0.349 e. The molecule has 1 aromatic heterocycles. The molecule has 1 amide bonds. The average Bonchev–Trinajstić information content (AvgIpc) is 2.79. The number of nitrogens with one attached hydrogen (secondary N) is 2. The van der Waals surface area contributed by atoms with Gasteiger partial charge >= 0.3 is 0 Å². The molecular formula is C14H26N4O. The Balaban J connectivity index is 2.79. The van der Waals surface area contributed by atoms with Gasteiger partial charge in [0.1, 0.15) is 0 Å². The molecule has 0 aromatic carbocycles. The second-order valence-electron chi connectivity index (χ2n) is 6.53. The first kappa shape index (κ1) is 15.7. The van der Waals surface area contributed by atoms with Crippen LogP contribution < -0.4 is 10.6 Å². The van der Waals surface area contributed by atoms with Crippen LogP contribution in [0.25, 0.3) is 0 Å². The zero-order chi connectivity index (χ0) is 14.7. The van der Waals surface area contributed by atoms with Crippen molar-refractivity contribution in [1.82, 2.24) is 20.2 Å². The van der Waals surface area contributed by atoms with Crippen LogP contribution in [-0.2, 0) is 11.3 Å². The summed E-state index contributed by atoms with van der Waals surface area (Å²) in [6, 6.07) is 0.0434. The number of nitrogens with zero attached hydrogens (tertiary/aromatic N) is 2. The topological polar surface area (TPSA) is 59.0 Å². The summed E-state index contributed by atoms with van der Waals surface area (Å²) < 4.78 is 1.99. The van der Waals surface area contributed by atoms with Crippen LogP contribution >= 0.6 is 0 Å². The normalized spacial score (nSPS) is 14.2. The summed E-state index contributed by atoms with van der Waals surface area (Å²) in [6.45, 7) is 10.8. The van der Waals surface area contributed by atoms with E-state index in [9.17, 15) is 4.79 Å². The first-order valence-corrected chi connectivity index (χ1v) is 6.62. The van der Waals surface area contributed by atoms with E-state index in [1.54, 1.807) is 19.6 Å². The molecule has 0 aliphatic carbocycles. The Morgan fingerprint density at radius 3 is 2.37 bits per heavy atom. The van der Waals surface area contributed by atoms with Gasteiger partial charge in [-0.15, -0.1) is 0 Å². The summed E-state index contributed by atoms with van der Waals surface area (Å²) in [7, 11) is 1.79. The third-order valence-electron chi connectivity index (χ3n) is 3.50. The lowest BCUT2D eigenvalue weighted by Gasteiger charge is -2.34. The Hall–Kier alpha value is -1.36. The molecule has 108 valence electrons. The van der Waals surface area contributed by atoms with E-state index in [4.69, 9.17) is 0 Å². The van der Waals surface area contributed by atoms with Crippen molar-refractivity contribution in [2.75, 3.05) is 7.05 Å². The van der Waals surface area contributed by atoms with Crippen molar-refractivity contribution in [2.24, 2.45) is 5.41 Å². The number of amides is 1. The van der Waals surface area contributed by atoms with Crippen LogP contribution in [0, 0.1) is 5.41 Å². The third-order valence-corrected chi connectivity index (χ3v) is 3.50. The number of rotatable bonds is 5. The minimum atomic E-state index is -0.571. The molecule has 5 nitrogen and oxygen atoms in total. The maximum absolute atomic E-state index is 12.3. The van der Waals surface area contributed by atoms with Gasteiger partial charge < -0.3 is 15.2 Å². The molecule has 0 radical (unpaired) electrons. The van der Waals surface area contributed by atoms with Gasteiger partial charge in [-0.3, -0.25) is 4.79 Å². The SMILES string of the molecule is CNC(C)(C)C(=O)NC(Cn1ccnc1)C(C)(C)C. The number of carbonyl (C=O) groups is 1. The largest absolute Gasteiger partial charge is 0.349 e. The molecule has 0 aliphatic rings. The van der Waals surface area contributed by atoms with Crippen molar-refractivity contribution in [3.8, 4) is 0 Å². The number of aromatic nitrogens is 2. The molecule has 0 saturated heterocycles. The lowest BCUT2D eigenvalue weighted by atomic mass is 9.86. The Morgan fingerprint density at radius 2 is 1.95 bits per heavy atom. The fourth-order valence-corrected chi connectivity index (χ4v) is 1.59. The lowest BCUT2D eigenvalue weighted by molar-refractivity contribution is -0.127. The van der Waals surface area contributed by atoms with Crippen LogP contribution in [0.4, 0.5) is 0 Å². The predicted molar refractivity (Wildman–Crippen MR) is 76.8 cm³/mol. The first-order valence-electron chi connectivity index (χ1n) is 6.62. The molecule has 19 heavy (non-hydrogen) atoms. The third kappa shape index (κ3) is 4.35. The number of hydrogen-bond donors (Lipinski definition) is 2. The lowest BCUT2D eigenvalue weighted by Crippen LogP contribution is -2.57. The predicted octanol–water partition coefficient (Wildman–Crippen LogP) is 1.41. The molecule has 0 fully saturated rings. The van der Waals surface area contributed by atoms with E-state index >= 15 is 0 Å². The van der Waals surface area contributed by atoms with Crippen LogP contribution in [-0.4, -0.2) is 34.1 Å². The van der Waals surface area contributed by atoms with Crippen molar-refractivity contribution in [3.05, 3.63) is 18.7 Å². The molecule has 0 aliphatic heterocycles. The Bertz CT molecular complexity index is 404. The molecular weight excluding hydrogens is 240 g/mol. The highest BCUT2D eigenvalue weighted by molar-refractivity contribution is 5.85. The second-order valence-corrected chi connectivity index (χ2v) is 6.53. The van der Waals surface area contributed by atoms with Crippen molar-refractivity contribution in [2.45, 2.75) is 52.7 Å². The molecule has 1 heterocycles. The number of likely N-dealkylation sites (N-methyl/N-ethyl adjacent to an activating group) is 1.